The standard InChI is InChI=1S/C33H38BrN3O6S2/c1-21-11-17-24(18-12-21)45(41,42)37(30(39)29-36-33(5,6)20-44-29)27(31(40)43-32(2,3)4)19-22-13-15-23(16-14-22)35-28(38)25-9-7-8-10-26(25)34/h7-18,27,29,36H,19-20H2,1-6H3,(H,35,38)/t27-,29-/m0/s1. The second kappa shape index (κ2) is 13.7. The fourth-order valence-corrected chi connectivity index (χ4v) is 8.07. The van der Waals surface area contributed by atoms with Gasteiger partial charge in [-0.15, -0.1) is 11.8 Å². The smallest absolute Gasteiger partial charge is 0.330 e. The fourth-order valence-electron chi connectivity index (χ4n) is 4.66. The number of anilines is 1. The quantitative estimate of drug-likeness (QED) is 0.262. The summed E-state index contributed by atoms with van der Waals surface area (Å²) < 4.78 is 35.6. The molecular formula is C33H38BrN3O6S2. The van der Waals surface area contributed by atoms with E-state index >= 15 is 0 Å². The number of aryl methyl sites for hydroxylation is 1. The molecule has 240 valence electrons. The molecule has 0 unspecified atom stereocenters. The number of hydrogen-bond acceptors (Lipinski definition) is 8. The molecule has 0 saturated carbocycles. The maximum absolute atomic E-state index is 14.3. The lowest BCUT2D eigenvalue weighted by atomic mass is 10.0. The van der Waals surface area contributed by atoms with E-state index in [1.54, 1.807) is 75.4 Å². The Morgan fingerprint density at radius 2 is 1.67 bits per heavy atom. The van der Waals surface area contributed by atoms with Crippen molar-refractivity contribution >= 4 is 61.2 Å². The van der Waals surface area contributed by atoms with Crippen LogP contribution in [-0.4, -0.2) is 58.8 Å². The topological polar surface area (TPSA) is 122 Å². The molecule has 2 N–H and O–H groups in total. The van der Waals surface area contributed by atoms with E-state index in [-0.39, 0.29) is 17.2 Å². The number of benzene rings is 3. The molecule has 1 aliphatic rings. The molecule has 1 aliphatic heterocycles. The molecule has 3 aromatic rings. The van der Waals surface area contributed by atoms with Crippen LogP contribution in [0, 0.1) is 6.92 Å². The van der Waals surface area contributed by atoms with Gasteiger partial charge in [0.2, 0.25) is 0 Å². The maximum Gasteiger partial charge on any atom is 0.330 e. The molecule has 2 amide bonds. The molecule has 9 nitrogen and oxygen atoms in total. The first-order valence-electron chi connectivity index (χ1n) is 14.4. The number of esters is 1. The summed E-state index contributed by atoms with van der Waals surface area (Å²) in [4.78, 5) is 40.7. The second-order valence-electron chi connectivity index (χ2n) is 12.6. The zero-order valence-electron chi connectivity index (χ0n) is 26.1. The highest BCUT2D eigenvalue weighted by Crippen LogP contribution is 2.32. The summed E-state index contributed by atoms with van der Waals surface area (Å²) in [5.41, 5.74) is 1.01. The van der Waals surface area contributed by atoms with Gasteiger partial charge in [0.1, 0.15) is 17.0 Å². The number of carbonyl (C=O) groups is 3. The molecule has 45 heavy (non-hydrogen) atoms. The van der Waals surface area contributed by atoms with Crippen molar-refractivity contribution < 1.29 is 27.5 Å². The van der Waals surface area contributed by atoms with Gasteiger partial charge in [-0.25, -0.2) is 17.5 Å². The number of sulfonamides is 1. The van der Waals surface area contributed by atoms with Crippen molar-refractivity contribution in [2.45, 2.75) is 75.4 Å². The highest BCUT2D eigenvalue weighted by Gasteiger charge is 2.47. The van der Waals surface area contributed by atoms with Crippen molar-refractivity contribution in [1.82, 2.24) is 9.62 Å². The number of thioether (sulfide) groups is 1. The number of nitrogens with zero attached hydrogens (tertiary/aromatic N) is 1. The Bertz CT molecular complexity index is 1670. The normalized spacial score (nSPS) is 16.9. The summed E-state index contributed by atoms with van der Waals surface area (Å²) >= 11 is 4.68. The van der Waals surface area contributed by atoms with Crippen LogP contribution in [0.15, 0.2) is 82.2 Å². The molecule has 1 saturated heterocycles. The summed E-state index contributed by atoms with van der Waals surface area (Å²) in [6.07, 6.45) is -0.148. The number of hydrogen-bond donors (Lipinski definition) is 2. The van der Waals surface area contributed by atoms with E-state index in [4.69, 9.17) is 4.74 Å². The van der Waals surface area contributed by atoms with Crippen LogP contribution >= 0.6 is 27.7 Å². The first kappa shape index (κ1) is 34.7. The molecule has 12 heteroatoms. The molecule has 4 rings (SSSR count). The van der Waals surface area contributed by atoms with Gasteiger partial charge in [-0.2, -0.15) is 0 Å². The van der Waals surface area contributed by atoms with Gasteiger partial charge in [-0.1, -0.05) is 42.0 Å². The van der Waals surface area contributed by atoms with E-state index in [9.17, 15) is 22.8 Å². The van der Waals surface area contributed by atoms with Crippen LogP contribution in [0.1, 0.15) is 56.1 Å². The van der Waals surface area contributed by atoms with Gasteiger partial charge in [0.15, 0.2) is 0 Å². The van der Waals surface area contributed by atoms with Crippen LogP contribution in [0.3, 0.4) is 0 Å². The second-order valence-corrected chi connectivity index (χ2v) is 16.3. The summed E-state index contributed by atoms with van der Waals surface area (Å²) in [6, 6.07) is 18.4. The van der Waals surface area contributed by atoms with Crippen LogP contribution in [-0.2, 0) is 30.8 Å². The largest absolute Gasteiger partial charge is 0.458 e. The zero-order chi connectivity index (χ0) is 33.2. The van der Waals surface area contributed by atoms with E-state index < -0.39 is 44.5 Å². The van der Waals surface area contributed by atoms with Gasteiger partial charge in [-0.3, -0.25) is 14.9 Å². The van der Waals surface area contributed by atoms with Gasteiger partial charge >= 0.3 is 5.97 Å². The Kier molecular flexibility index (Phi) is 10.5. The fraction of sp³-hybridized carbons (Fsp3) is 0.364. The van der Waals surface area contributed by atoms with Crippen molar-refractivity contribution in [3.63, 3.8) is 0 Å². The Balaban J connectivity index is 1.72. The molecule has 2 atom stereocenters. The predicted molar refractivity (Wildman–Crippen MR) is 181 cm³/mol. The number of carbonyl (C=O) groups excluding carboxylic acids is 3. The molecular weight excluding hydrogens is 678 g/mol. The molecule has 3 aromatic carbocycles. The van der Waals surface area contributed by atoms with Crippen LogP contribution in [0.4, 0.5) is 5.69 Å². The van der Waals surface area contributed by atoms with E-state index in [2.05, 4.69) is 26.6 Å². The molecule has 1 fully saturated rings. The number of amides is 2. The zero-order valence-corrected chi connectivity index (χ0v) is 29.3. The van der Waals surface area contributed by atoms with Crippen LogP contribution in [0.2, 0.25) is 0 Å². The minimum Gasteiger partial charge on any atom is -0.458 e. The Hall–Kier alpha value is -3.19. The minimum absolute atomic E-state index is 0.109. The van der Waals surface area contributed by atoms with Gasteiger partial charge in [0.25, 0.3) is 21.8 Å². The highest BCUT2D eigenvalue weighted by molar-refractivity contribution is 9.10. The van der Waals surface area contributed by atoms with E-state index in [1.807, 2.05) is 26.8 Å². The molecule has 1 heterocycles. The third kappa shape index (κ3) is 8.75. The van der Waals surface area contributed by atoms with Crippen molar-refractivity contribution in [3.8, 4) is 0 Å². The first-order chi connectivity index (χ1) is 21.0. The van der Waals surface area contributed by atoms with E-state index in [0.29, 0.717) is 31.3 Å². The van der Waals surface area contributed by atoms with Crippen molar-refractivity contribution in [1.29, 1.82) is 0 Å². The van der Waals surface area contributed by atoms with E-state index in [0.717, 1.165) is 5.56 Å². The third-order valence-electron chi connectivity index (χ3n) is 6.87. The number of ether oxygens (including phenoxy) is 1. The Morgan fingerprint density at radius 1 is 1.04 bits per heavy atom. The third-order valence-corrected chi connectivity index (χ3v) is 10.9. The lowest BCUT2D eigenvalue weighted by molar-refractivity contribution is -0.161. The van der Waals surface area contributed by atoms with E-state index in [1.165, 1.54) is 23.9 Å². The molecule has 0 radical (unpaired) electrons. The Morgan fingerprint density at radius 3 is 2.22 bits per heavy atom. The lowest BCUT2D eigenvalue weighted by Gasteiger charge is -2.33. The van der Waals surface area contributed by atoms with Gasteiger partial charge in [0, 0.05) is 27.9 Å². The number of nitrogens with one attached hydrogen (secondary N) is 2. The van der Waals surface area contributed by atoms with Crippen LogP contribution < -0.4 is 10.6 Å². The van der Waals surface area contributed by atoms with Crippen LogP contribution in [0.5, 0.6) is 0 Å². The van der Waals surface area contributed by atoms with Crippen LogP contribution in [0.25, 0.3) is 0 Å². The minimum atomic E-state index is -4.50. The van der Waals surface area contributed by atoms with Crippen molar-refractivity contribution in [2.75, 3.05) is 11.1 Å². The van der Waals surface area contributed by atoms with Gasteiger partial charge in [0.05, 0.1) is 10.5 Å². The van der Waals surface area contributed by atoms with Gasteiger partial charge in [-0.05, 0) is 99.4 Å². The monoisotopic (exact) mass is 715 g/mol. The summed E-state index contributed by atoms with van der Waals surface area (Å²) in [6.45, 7) is 10.7. The highest BCUT2D eigenvalue weighted by atomic mass is 79.9. The average molecular weight is 717 g/mol. The lowest BCUT2D eigenvalue weighted by Crippen LogP contribution is -2.56. The molecule has 0 aromatic heterocycles. The molecule has 0 aliphatic carbocycles. The predicted octanol–water partition coefficient (Wildman–Crippen LogP) is 5.92. The molecule has 0 spiro atoms. The summed E-state index contributed by atoms with van der Waals surface area (Å²) in [7, 11) is -4.50. The van der Waals surface area contributed by atoms with Gasteiger partial charge < -0.3 is 10.1 Å². The Labute approximate surface area is 277 Å². The number of halogens is 1. The SMILES string of the molecule is Cc1ccc(S(=O)(=O)N(C(=O)[C@H]2NC(C)(C)CS2)[C@@H](Cc2ccc(NC(=O)c3ccccc3Br)cc2)C(=O)OC(C)(C)C)cc1. The summed E-state index contributed by atoms with van der Waals surface area (Å²) in [5, 5.41) is 5.15. The number of rotatable bonds is 9. The average Bonchev–Trinajstić information content (AvgIpc) is 3.32. The first-order valence-corrected chi connectivity index (χ1v) is 17.7. The maximum atomic E-state index is 14.3. The molecule has 0 bridgehead atoms. The summed E-state index contributed by atoms with van der Waals surface area (Å²) in [5.74, 6) is -1.34. The van der Waals surface area contributed by atoms with Crippen molar-refractivity contribution in [2.24, 2.45) is 0 Å². The van der Waals surface area contributed by atoms with Crippen molar-refractivity contribution in [3.05, 3.63) is 94.0 Å².